The quantitative estimate of drug-likeness (QED) is 0.756. The lowest BCUT2D eigenvalue weighted by molar-refractivity contribution is -0.138. The van der Waals surface area contributed by atoms with Crippen LogP contribution in [0, 0.1) is 12.8 Å². The molecule has 0 radical (unpaired) electrons. The van der Waals surface area contributed by atoms with Crippen molar-refractivity contribution >= 4 is 22.9 Å². The summed E-state index contributed by atoms with van der Waals surface area (Å²) < 4.78 is 0. The molecule has 3 fully saturated rings. The van der Waals surface area contributed by atoms with E-state index in [-0.39, 0.29) is 5.54 Å². The standard InChI is InChI=1S/C23H30N4OS/c1-18-2-5-21(14-24-18)27-12-11-26(16-19-3-4-19)23(22(27)28)7-9-25(10-8-23)15-20-6-13-29-17-20/h2,5-6,13-14,17,19H,3-4,7-12,15-16H2,1H3. The number of hydrogen-bond donors (Lipinski definition) is 0. The second-order valence-corrected chi connectivity index (χ2v) is 9.72. The Morgan fingerprint density at radius 3 is 2.62 bits per heavy atom. The van der Waals surface area contributed by atoms with Crippen molar-refractivity contribution in [1.82, 2.24) is 14.8 Å². The predicted octanol–water partition coefficient (Wildman–Crippen LogP) is 3.54. The summed E-state index contributed by atoms with van der Waals surface area (Å²) >= 11 is 1.76. The molecule has 2 aromatic rings. The van der Waals surface area contributed by atoms with Gasteiger partial charge in [-0.15, -0.1) is 0 Å². The summed E-state index contributed by atoms with van der Waals surface area (Å²) in [4.78, 5) is 25.4. The lowest BCUT2D eigenvalue weighted by Crippen LogP contribution is -2.69. The Balaban J connectivity index is 1.36. The summed E-state index contributed by atoms with van der Waals surface area (Å²) in [5.74, 6) is 1.10. The fourth-order valence-electron chi connectivity index (χ4n) is 4.92. The molecule has 29 heavy (non-hydrogen) atoms. The summed E-state index contributed by atoms with van der Waals surface area (Å²) in [6, 6.07) is 6.28. The number of anilines is 1. The molecule has 2 saturated heterocycles. The second kappa shape index (κ2) is 7.82. The minimum absolute atomic E-state index is 0.297. The van der Waals surface area contributed by atoms with E-state index in [2.05, 4.69) is 37.7 Å². The normalized spacial score (nSPS) is 23.1. The van der Waals surface area contributed by atoms with Crippen molar-refractivity contribution in [1.29, 1.82) is 0 Å². The van der Waals surface area contributed by atoms with Gasteiger partial charge >= 0.3 is 0 Å². The minimum Gasteiger partial charge on any atom is -0.308 e. The predicted molar refractivity (Wildman–Crippen MR) is 117 cm³/mol. The Morgan fingerprint density at radius 1 is 1.14 bits per heavy atom. The average Bonchev–Trinajstić information content (AvgIpc) is 3.41. The van der Waals surface area contributed by atoms with E-state index >= 15 is 0 Å². The van der Waals surface area contributed by atoms with Crippen molar-refractivity contribution in [2.24, 2.45) is 5.92 Å². The van der Waals surface area contributed by atoms with Gasteiger partial charge in [0.15, 0.2) is 0 Å². The van der Waals surface area contributed by atoms with Crippen LogP contribution in [0.1, 0.15) is 36.9 Å². The molecular formula is C23H30N4OS. The molecule has 1 spiro atoms. The van der Waals surface area contributed by atoms with Crippen LogP contribution in [-0.4, -0.2) is 59.0 Å². The molecule has 0 atom stereocenters. The van der Waals surface area contributed by atoms with Crippen LogP contribution in [0.15, 0.2) is 35.2 Å². The lowest BCUT2D eigenvalue weighted by Gasteiger charge is -2.53. The number of thiophene rings is 1. The largest absolute Gasteiger partial charge is 0.308 e. The number of aryl methyl sites for hydroxylation is 1. The monoisotopic (exact) mass is 410 g/mol. The van der Waals surface area contributed by atoms with Gasteiger partial charge in [-0.3, -0.25) is 19.6 Å². The van der Waals surface area contributed by atoms with Crippen molar-refractivity contribution in [3.8, 4) is 0 Å². The van der Waals surface area contributed by atoms with Gasteiger partial charge in [0.2, 0.25) is 5.91 Å². The molecule has 3 aliphatic rings. The van der Waals surface area contributed by atoms with Gasteiger partial charge in [-0.2, -0.15) is 11.3 Å². The summed E-state index contributed by atoms with van der Waals surface area (Å²) in [5, 5.41) is 4.39. The zero-order valence-electron chi connectivity index (χ0n) is 17.2. The van der Waals surface area contributed by atoms with Gasteiger partial charge in [0.25, 0.3) is 0 Å². The number of rotatable bonds is 5. The third-order valence-electron chi connectivity index (χ3n) is 6.89. The summed E-state index contributed by atoms with van der Waals surface area (Å²) in [6.45, 7) is 7.81. The number of aromatic nitrogens is 1. The fraction of sp³-hybridized carbons (Fsp3) is 0.565. The molecule has 1 aliphatic carbocycles. The third-order valence-corrected chi connectivity index (χ3v) is 7.63. The number of nitrogens with zero attached hydrogens (tertiary/aromatic N) is 4. The SMILES string of the molecule is Cc1ccc(N2CCN(CC3CC3)C3(CCN(Cc4ccsc4)CC3)C2=O)cn1. The highest BCUT2D eigenvalue weighted by Crippen LogP contribution is 2.39. The average molecular weight is 411 g/mol. The van der Waals surface area contributed by atoms with Crippen LogP contribution in [0.3, 0.4) is 0 Å². The highest BCUT2D eigenvalue weighted by atomic mass is 32.1. The van der Waals surface area contributed by atoms with Crippen LogP contribution in [0.2, 0.25) is 0 Å². The molecule has 4 heterocycles. The Labute approximate surface area is 177 Å². The highest BCUT2D eigenvalue weighted by Gasteiger charge is 2.51. The maximum absolute atomic E-state index is 13.9. The fourth-order valence-corrected chi connectivity index (χ4v) is 5.58. The first kappa shape index (κ1) is 19.2. The van der Waals surface area contributed by atoms with Crippen LogP contribution < -0.4 is 4.90 Å². The van der Waals surface area contributed by atoms with E-state index in [1.165, 1.54) is 18.4 Å². The molecule has 2 aromatic heterocycles. The molecule has 0 unspecified atom stereocenters. The number of hydrogen-bond acceptors (Lipinski definition) is 5. The van der Waals surface area contributed by atoms with Gasteiger partial charge in [0, 0.05) is 45.0 Å². The van der Waals surface area contributed by atoms with Gasteiger partial charge in [-0.1, -0.05) is 0 Å². The molecule has 5 nitrogen and oxygen atoms in total. The molecule has 1 saturated carbocycles. The van der Waals surface area contributed by atoms with E-state index in [1.807, 2.05) is 24.1 Å². The molecule has 0 bridgehead atoms. The second-order valence-electron chi connectivity index (χ2n) is 8.94. The Hall–Kier alpha value is -1.76. The molecule has 1 amide bonds. The van der Waals surface area contributed by atoms with E-state index in [9.17, 15) is 4.79 Å². The van der Waals surface area contributed by atoms with Crippen LogP contribution in [0.5, 0.6) is 0 Å². The Bertz CT molecular complexity index is 838. The van der Waals surface area contributed by atoms with E-state index < -0.39 is 0 Å². The number of pyridine rings is 1. The topological polar surface area (TPSA) is 39.7 Å². The number of amides is 1. The lowest BCUT2D eigenvalue weighted by atomic mass is 9.81. The van der Waals surface area contributed by atoms with E-state index in [4.69, 9.17) is 0 Å². The van der Waals surface area contributed by atoms with E-state index in [0.717, 1.165) is 69.4 Å². The number of piperidine rings is 1. The molecule has 0 aromatic carbocycles. The van der Waals surface area contributed by atoms with Crippen molar-refractivity contribution in [2.45, 2.75) is 44.7 Å². The maximum Gasteiger partial charge on any atom is 0.247 e. The van der Waals surface area contributed by atoms with Gasteiger partial charge in [-0.05, 0) is 73.0 Å². The number of piperazine rings is 1. The molecule has 2 aliphatic heterocycles. The molecule has 5 rings (SSSR count). The molecule has 154 valence electrons. The van der Waals surface area contributed by atoms with Crippen molar-refractivity contribution in [3.63, 3.8) is 0 Å². The third kappa shape index (κ3) is 3.86. The number of carbonyl (C=O) groups is 1. The summed E-state index contributed by atoms with van der Waals surface area (Å²) in [6.07, 6.45) is 6.38. The number of likely N-dealkylation sites (tertiary alicyclic amines) is 1. The van der Waals surface area contributed by atoms with E-state index in [1.54, 1.807) is 11.3 Å². The molecule has 0 N–H and O–H groups in total. The Kier molecular flexibility index (Phi) is 5.18. The van der Waals surface area contributed by atoms with Crippen LogP contribution in [-0.2, 0) is 11.3 Å². The minimum atomic E-state index is -0.336. The van der Waals surface area contributed by atoms with Gasteiger partial charge in [0.1, 0.15) is 5.54 Å². The van der Waals surface area contributed by atoms with Crippen LogP contribution in [0.4, 0.5) is 5.69 Å². The van der Waals surface area contributed by atoms with Crippen molar-refractivity contribution < 1.29 is 4.79 Å². The number of carbonyl (C=O) groups excluding carboxylic acids is 1. The summed E-state index contributed by atoms with van der Waals surface area (Å²) in [5.41, 5.74) is 3.00. The van der Waals surface area contributed by atoms with E-state index in [0.29, 0.717) is 5.91 Å². The zero-order chi connectivity index (χ0) is 19.8. The zero-order valence-corrected chi connectivity index (χ0v) is 18.0. The smallest absolute Gasteiger partial charge is 0.247 e. The highest BCUT2D eigenvalue weighted by molar-refractivity contribution is 7.07. The molecule has 6 heteroatoms. The van der Waals surface area contributed by atoms with Crippen LogP contribution in [0.25, 0.3) is 0 Å². The molecular weight excluding hydrogens is 380 g/mol. The van der Waals surface area contributed by atoms with Gasteiger partial charge < -0.3 is 4.90 Å². The Morgan fingerprint density at radius 2 is 1.97 bits per heavy atom. The first-order valence-electron chi connectivity index (χ1n) is 10.9. The van der Waals surface area contributed by atoms with Crippen molar-refractivity contribution in [3.05, 3.63) is 46.4 Å². The van der Waals surface area contributed by atoms with Crippen LogP contribution >= 0.6 is 11.3 Å². The van der Waals surface area contributed by atoms with Gasteiger partial charge in [-0.25, -0.2) is 0 Å². The first-order chi connectivity index (χ1) is 14.1. The maximum atomic E-state index is 13.9. The first-order valence-corrected chi connectivity index (χ1v) is 11.8. The van der Waals surface area contributed by atoms with Crippen molar-refractivity contribution in [2.75, 3.05) is 37.6 Å². The summed E-state index contributed by atoms with van der Waals surface area (Å²) in [7, 11) is 0. The van der Waals surface area contributed by atoms with Gasteiger partial charge in [0.05, 0.1) is 11.9 Å².